The Hall–Kier alpha value is -2.61. The standard InChI is InChI=1S/C21H19IN2O3/c1-26-19-11-14(10-18(22)21(19)27-2)13-23-24-20(25)12-16-8-5-7-15-6-3-4-9-17(15)16/h3-11,13H,12H2,1-2H3,(H,24,25). The summed E-state index contributed by atoms with van der Waals surface area (Å²) in [6.07, 6.45) is 1.85. The Morgan fingerprint density at radius 3 is 2.67 bits per heavy atom. The Balaban J connectivity index is 1.69. The van der Waals surface area contributed by atoms with Gasteiger partial charge in [0.2, 0.25) is 5.91 Å². The number of carbonyl (C=O) groups excluding carboxylic acids is 1. The van der Waals surface area contributed by atoms with Crippen LogP contribution in [0.4, 0.5) is 0 Å². The number of methoxy groups -OCH3 is 2. The Kier molecular flexibility index (Phi) is 6.28. The van der Waals surface area contributed by atoms with E-state index in [1.165, 1.54) is 0 Å². The van der Waals surface area contributed by atoms with Crippen LogP contribution < -0.4 is 14.9 Å². The third-order valence-electron chi connectivity index (χ3n) is 4.09. The predicted molar refractivity (Wildman–Crippen MR) is 116 cm³/mol. The molecule has 0 fully saturated rings. The van der Waals surface area contributed by atoms with Crippen molar-refractivity contribution in [3.63, 3.8) is 0 Å². The van der Waals surface area contributed by atoms with Crippen LogP contribution in [0.1, 0.15) is 11.1 Å². The Bertz CT molecular complexity index is 997. The van der Waals surface area contributed by atoms with Gasteiger partial charge in [0.15, 0.2) is 11.5 Å². The first kappa shape index (κ1) is 19.2. The van der Waals surface area contributed by atoms with Gasteiger partial charge in [-0.2, -0.15) is 5.10 Å². The number of hydrogen-bond acceptors (Lipinski definition) is 4. The fraction of sp³-hybridized carbons (Fsp3) is 0.143. The van der Waals surface area contributed by atoms with E-state index >= 15 is 0 Å². The fourth-order valence-corrected chi connectivity index (χ4v) is 3.70. The van der Waals surface area contributed by atoms with Gasteiger partial charge in [0.25, 0.3) is 0 Å². The largest absolute Gasteiger partial charge is 0.493 e. The molecule has 0 saturated heterocycles. The number of fused-ring (bicyclic) bond motifs is 1. The van der Waals surface area contributed by atoms with E-state index in [-0.39, 0.29) is 12.3 Å². The smallest absolute Gasteiger partial charge is 0.244 e. The van der Waals surface area contributed by atoms with Gasteiger partial charge in [-0.1, -0.05) is 42.5 Å². The average Bonchev–Trinajstić information content (AvgIpc) is 2.68. The van der Waals surface area contributed by atoms with Crippen LogP contribution in [0, 0.1) is 3.57 Å². The molecular formula is C21H19IN2O3. The van der Waals surface area contributed by atoms with Crippen LogP contribution in [0.3, 0.4) is 0 Å². The van der Waals surface area contributed by atoms with E-state index in [0.29, 0.717) is 11.5 Å². The maximum absolute atomic E-state index is 12.3. The molecule has 1 N–H and O–H groups in total. The lowest BCUT2D eigenvalue weighted by atomic mass is 10.0. The molecule has 0 aliphatic heterocycles. The fourth-order valence-electron chi connectivity index (χ4n) is 2.85. The minimum absolute atomic E-state index is 0.169. The second kappa shape index (κ2) is 8.85. The molecule has 138 valence electrons. The molecule has 0 bridgehead atoms. The van der Waals surface area contributed by atoms with Gasteiger partial charge >= 0.3 is 0 Å². The lowest BCUT2D eigenvalue weighted by molar-refractivity contribution is -0.120. The molecule has 27 heavy (non-hydrogen) atoms. The summed E-state index contributed by atoms with van der Waals surface area (Å²) >= 11 is 2.17. The van der Waals surface area contributed by atoms with E-state index in [1.807, 2.05) is 48.5 Å². The van der Waals surface area contributed by atoms with E-state index in [1.54, 1.807) is 26.5 Å². The first-order chi connectivity index (χ1) is 13.1. The normalized spacial score (nSPS) is 10.9. The van der Waals surface area contributed by atoms with Crippen molar-refractivity contribution in [1.29, 1.82) is 0 Å². The first-order valence-electron chi connectivity index (χ1n) is 8.32. The molecule has 0 heterocycles. The minimum Gasteiger partial charge on any atom is -0.493 e. The molecule has 0 saturated carbocycles. The quantitative estimate of drug-likeness (QED) is 0.332. The summed E-state index contributed by atoms with van der Waals surface area (Å²) in [5.74, 6) is 1.13. The predicted octanol–water partition coefficient (Wildman–Crippen LogP) is 4.15. The lowest BCUT2D eigenvalue weighted by Gasteiger charge is -2.10. The molecule has 3 aromatic carbocycles. The van der Waals surface area contributed by atoms with Gasteiger partial charge in [-0.15, -0.1) is 0 Å². The molecule has 5 nitrogen and oxygen atoms in total. The molecule has 0 aliphatic rings. The summed E-state index contributed by atoms with van der Waals surface area (Å²) in [5, 5.41) is 6.26. The van der Waals surface area contributed by atoms with Crippen LogP contribution in [-0.4, -0.2) is 26.3 Å². The third kappa shape index (κ3) is 4.57. The molecule has 0 spiro atoms. The highest BCUT2D eigenvalue weighted by Gasteiger charge is 2.10. The number of nitrogens with one attached hydrogen (secondary N) is 1. The maximum atomic E-state index is 12.3. The van der Waals surface area contributed by atoms with Crippen molar-refractivity contribution in [2.75, 3.05) is 14.2 Å². The molecular weight excluding hydrogens is 455 g/mol. The highest BCUT2D eigenvalue weighted by Crippen LogP contribution is 2.33. The molecule has 6 heteroatoms. The second-order valence-electron chi connectivity index (χ2n) is 5.85. The number of carbonyl (C=O) groups is 1. The van der Waals surface area contributed by atoms with Gasteiger partial charge in [-0.3, -0.25) is 4.79 Å². The number of halogens is 1. The number of benzene rings is 3. The molecule has 3 rings (SSSR count). The zero-order valence-corrected chi connectivity index (χ0v) is 17.2. The van der Waals surface area contributed by atoms with Gasteiger partial charge in [0, 0.05) is 0 Å². The van der Waals surface area contributed by atoms with Crippen molar-refractivity contribution >= 4 is 45.5 Å². The van der Waals surface area contributed by atoms with Crippen molar-refractivity contribution in [2.24, 2.45) is 5.10 Å². The molecule has 0 aliphatic carbocycles. The van der Waals surface area contributed by atoms with Gasteiger partial charge in [-0.05, 0) is 56.6 Å². The SMILES string of the molecule is COc1cc(C=NNC(=O)Cc2cccc3ccccc23)cc(I)c1OC. The Morgan fingerprint density at radius 1 is 1.11 bits per heavy atom. The second-order valence-corrected chi connectivity index (χ2v) is 7.01. The van der Waals surface area contributed by atoms with Crippen molar-refractivity contribution in [2.45, 2.75) is 6.42 Å². The van der Waals surface area contributed by atoms with Gasteiger partial charge in [0.1, 0.15) is 0 Å². The number of nitrogens with zero attached hydrogens (tertiary/aromatic N) is 1. The molecule has 0 radical (unpaired) electrons. The summed E-state index contributed by atoms with van der Waals surface area (Å²) in [6.45, 7) is 0. The highest BCUT2D eigenvalue weighted by molar-refractivity contribution is 14.1. The first-order valence-corrected chi connectivity index (χ1v) is 9.40. The third-order valence-corrected chi connectivity index (χ3v) is 4.89. The molecule has 1 amide bonds. The van der Waals surface area contributed by atoms with Crippen LogP contribution in [0.2, 0.25) is 0 Å². The number of hydrazone groups is 1. The number of rotatable bonds is 6. The van der Waals surface area contributed by atoms with E-state index in [2.05, 4.69) is 33.1 Å². The summed E-state index contributed by atoms with van der Waals surface area (Å²) in [5.41, 5.74) is 4.37. The van der Waals surface area contributed by atoms with Crippen LogP contribution in [0.5, 0.6) is 11.5 Å². The van der Waals surface area contributed by atoms with Crippen molar-refractivity contribution in [3.05, 3.63) is 69.3 Å². The van der Waals surface area contributed by atoms with E-state index in [0.717, 1.165) is 25.5 Å². The van der Waals surface area contributed by atoms with Crippen molar-refractivity contribution in [1.82, 2.24) is 5.43 Å². The van der Waals surface area contributed by atoms with Crippen LogP contribution in [-0.2, 0) is 11.2 Å². The minimum atomic E-state index is -0.169. The summed E-state index contributed by atoms with van der Waals surface area (Å²) in [6, 6.07) is 17.7. The highest BCUT2D eigenvalue weighted by atomic mass is 127. The van der Waals surface area contributed by atoms with Gasteiger partial charge in [-0.25, -0.2) is 5.43 Å². The van der Waals surface area contributed by atoms with Crippen molar-refractivity contribution < 1.29 is 14.3 Å². The van der Waals surface area contributed by atoms with E-state index < -0.39 is 0 Å². The lowest BCUT2D eigenvalue weighted by Crippen LogP contribution is -2.19. The molecule has 0 atom stereocenters. The van der Waals surface area contributed by atoms with E-state index in [4.69, 9.17) is 9.47 Å². The Morgan fingerprint density at radius 2 is 1.89 bits per heavy atom. The zero-order chi connectivity index (χ0) is 19.2. The number of amides is 1. The van der Waals surface area contributed by atoms with Crippen LogP contribution in [0.25, 0.3) is 10.8 Å². The van der Waals surface area contributed by atoms with Crippen LogP contribution >= 0.6 is 22.6 Å². The average molecular weight is 474 g/mol. The molecule has 0 unspecified atom stereocenters. The maximum Gasteiger partial charge on any atom is 0.244 e. The summed E-state index contributed by atoms with van der Waals surface area (Å²) in [4.78, 5) is 12.3. The van der Waals surface area contributed by atoms with Gasteiger partial charge < -0.3 is 9.47 Å². The van der Waals surface area contributed by atoms with Gasteiger partial charge in [0.05, 0.1) is 30.4 Å². The summed E-state index contributed by atoms with van der Waals surface area (Å²) in [7, 11) is 3.18. The number of ether oxygens (including phenoxy) is 2. The van der Waals surface area contributed by atoms with E-state index in [9.17, 15) is 4.79 Å². The number of hydrogen-bond donors (Lipinski definition) is 1. The zero-order valence-electron chi connectivity index (χ0n) is 15.0. The molecule has 0 aromatic heterocycles. The topological polar surface area (TPSA) is 59.9 Å². The van der Waals surface area contributed by atoms with Crippen molar-refractivity contribution in [3.8, 4) is 11.5 Å². The van der Waals surface area contributed by atoms with Crippen LogP contribution in [0.15, 0.2) is 59.7 Å². The summed E-state index contributed by atoms with van der Waals surface area (Å²) < 4.78 is 11.5. The molecule has 3 aromatic rings. The monoisotopic (exact) mass is 474 g/mol. The Labute approximate surface area is 171 Å².